The van der Waals surface area contributed by atoms with Crippen LogP contribution in [0.4, 0.5) is 0 Å². The number of aliphatic carboxylic acids is 1. The number of carbonyl (C=O) groups excluding carboxylic acids is 1. The molecule has 0 unspecified atom stereocenters. The Labute approximate surface area is 107 Å². The number of aliphatic hydroxyl groups excluding tert-OH is 1. The first kappa shape index (κ1) is 12.8. The largest absolute Gasteiger partial charge is 0.477 e. The molecule has 7 heteroatoms. The van der Waals surface area contributed by atoms with Crippen LogP contribution in [0.15, 0.2) is 9.93 Å². The number of hydrogen-bond acceptors (Lipinski definition) is 5. The maximum Gasteiger partial charge on any atom is 0.354 e. The van der Waals surface area contributed by atoms with Crippen LogP contribution < -0.4 is 0 Å². The van der Waals surface area contributed by atoms with E-state index in [9.17, 15) is 14.7 Å². The molecule has 5 nitrogen and oxygen atoms in total. The van der Waals surface area contributed by atoms with Crippen molar-refractivity contribution in [3.8, 4) is 0 Å². The lowest BCUT2D eigenvalue weighted by molar-refractivity contribution is -0.156. The van der Waals surface area contributed by atoms with Gasteiger partial charge in [0.1, 0.15) is 5.37 Å². The number of carboxylic acid groups (broad SMARTS) is 1. The van der Waals surface area contributed by atoms with Crippen LogP contribution in [0.25, 0.3) is 0 Å². The SMILES string of the molecule is CCSC1=C(C(=O)O)N2C(=O)[C@@H]([C@@H](C)O)[C@H]2S1. The Morgan fingerprint density at radius 3 is 2.76 bits per heavy atom. The highest BCUT2D eigenvalue weighted by molar-refractivity contribution is 8.22. The van der Waals surface area contributed by atoms with E-state index in [2.05, 4.69) is 0 Å². The molecule has 0 aromatic rings. The third kappa shape index (κ3) is 1.86. The van der Waals surface area contributed by atoms with Crippen molar-refractivity contribution in [2.24, 2.45) is 5.92 Å². The van der Waals surface area contributed by atoms with Gasteiger partial charge in [0.25, 0.3) is 0 Å². The average molecular weight is 275 g/mol. The summed E-state index contributed by atoms with van der Waals surface area (Å²) in [4.78, 5) is 24.2. The Morgan fingerprint density at radius 2 is 2.29 bits per heavy atom. The Hall–Kier alpha value is -0.660. The molecule has 2 aliphatic rings. The van der Waals surface area contributed by atoms with Gasteiger partial charge in [0.05, 0.1) is 16.3 Å². The van der Waals surface area contributed by atoms with Crippen molar-refractivity contribution in [3.63, 3.8) is 0 Å². The molecular weight excluding hydrogens is 262 g/mol. The van der Waals surface area contributed by atoms with Crippen molar-refractivity contribution in [3.05, 3.63) is 9.93 Å². The summed E-state index contributed by atoms with van der Waals surface area (Å²) < 4.78 is 0.668. The first-order chi connectivity index (χ1) is 7.99. The van der Waals surface area contributed by atoms with E-state index in [0.29, 0.717) is 4.24 Å². The minimum absolute atomic E-state index is 0.0775. The second-order valence-corrected chi connectivity index (χ2v) is 6.52. The highest BCUT2D eigenvalue weighted by Gasteiger charge is 2.57. The van der Waals surface area contributed by atoms with E-state index in [1.807, 2.05) is 6.92 Å². The summed E-state index contributed by atoms with van der Waals surface area (Å²) in [6.07, 6.45) is -0.739. The van der Waals surface area contributed by atoms with Gasteiger partial charge in [-0.2, -0.15) is 0 Å². The summed E-state index contributed by atoms with van der Waals surface area (Å²) in [7, 11) is 0. The van der Waals surface area contributed by atoms with Gasteiger partial charge >= 0.3 is 5.97 Å². The molecule has 0 bridgehead atoms. The van der Waals surface area contributed by atoms with E-state index in [1.165, 1.54) is 28.4 Å². The zero-order chi connectivity index (χ0) is 12.7. The molecule has 2 N–H and O–H groups in total. The van der Waals surface area contributed by atoms with E-state index >= 15 is 0 Å². The van der Waals surface area contributed by atoms with Crippen LogP contribution in [0.2, 0.25) is 0 Å². The molecule has 0 aromatic heterocycles. The number of carbonyl (C=O) groups is 2. The molecule has 1 saturated heterocycles. The van der Waals surface area contributed by atoms with Crippen molar-refractivity contribution in [1.82, 2.24) is 4.90 Å². The zero-order valence-corrected chi connectivity index (χ0v) is 11.0. The Bertz CT molecular complexity index is 407. The number of carboxylic acids is 1. The van der Waals surface area contributed by atoms with Gasteiger partial charge in [-0.3, -0.25) is 9.69 Å². The fourth-order valence-corrected chi connectivity index (χ4v) is 4.81. The van der Waals surface area contributed by atoms with Crippen molar-refractivity contribution in [1.29, 1.82) is 0 Å². The minimum atomic E-state index is -1.08. The number of thioether (sulfide) groups is 2. The Balaban J connectivity index is 2.26. The molecule has 0 aliphatic carbocycles. The van der Waals surface area contributed by atoms with Crippen molar-refractivity contribution in [2.75, 3.05) is 5.75 Å². The molecule has 2 aliphatic heterocycles. The molecule has 0 aromatic carbocycles. The monoisotopic (exact) mass is 275 g/mol. The number of fused-ring (bicyclic) bond motifs is 1. The number of hydrogen-bond donors (Lipinski definition) is 2. The van der Waals surface area contributed by atoms with Gasteiger partial charge in [0, 0.05) is 0 Å². The summed E-state index contributed by atoms with van der Waals surface area (Å²) in [6.45, 7) is 3.49. The van der Waals surface area contributed by atoms with E-state index in [4.69, 9.17) is 5.11 Å². The van der Waals surface area contributed by atoms with Crippen molar-refractivity contribution >= 4 is 35.4 Å². The summed E-state index contributed by atoms with van der Waals surface area (Å²) in [6, 6.07) is 0. The standard InChI is InChI=1S/C10H13NO4S2/c1-3-16-10-6(9(14)15)11-7(13)5(4(2)12)8(11)17-10/h4-5,8,12H,3H2,1-2H3,(H,14,15)/t4-,5-,8-/m1/s1. The van der Waals surface area contributed by atoms with Gasteiger partial charge < -0.3 is 10.2 Å². The van der Waals surface area contributed by atoms with E-state index in [1.54, 1.807) is 6.92 Å². The first-order valence-electron chi connectivity index (χ1n) is 5.27. The van der Waals surface area contributed by atoms with Crippen LogP contribution >= 0.6 is 23.5 Å². The van der Waals surface area contributed by atoms with Crippen LogP contribution in [-0.4, -0.2) is 44.2 Å². The van der Waals surface area contributed by atoms with E-state index in [0.717, 1.165) is 5.75 Å². The Kier molecular flexibility index (Phi) is 3.42. The van der Waals surface area contributed by atoms with E-state index < -0.39 is 18.0 Å². The smallest absolute Gasteiger partial charge is 0.354 e. The van der Waals surface area contributed by atoms with Crippen molar-refractivity contribution < 1.29 is 19.8 Å². The fraction of sp³-hybridized carbons (Fsp3) is 0.600. The molecule has 94 valence electrons. The van der Waals surface area contributed by atoms with Gasteiger partial charge in [-0.1, -0.05) is 18.7 Å². The lowest BCUT2D eigenvalue weighted by atomic mass is 9.92. The van der Waals surface area contributed by atoms with Crippen LogP contribution in [0, 0.1) is 5.92 Å². The van der Waals surface area contributed by atoms with Crippen molar-refractivity contribution in [2.45, 2.75) is 25.3 Å². The highest BCUT2D eigenvalue weighted by atomic mass is 32.2. The molecule has 2 heterocycles. The van der Waals surface area contributed by atoms with Crippen LogP contribution in [0.5, 0.6) is 0 Å². The summed E-state index contributed by atoms with van der Waals surface area (Å²) in [5.74, 6) is -1.09. The fourth-order valence-electron chi connectivity index (χ4n) is 1.98. The van der Waals surface area contributed by atoms with Crippen LogP contribution in [-0.2, 0) is 9.59 Å². The van der Waals surface area contributed by atoms with Gasteiger partial charge in [-0.15, -0.1) is 11.8 Å². The minimum Gasteiger partial charge on any atom is -0.477 e. The molecule has 0 radical (unpaired) electrons. The third-order valence-corrected chi connectivity index (χ3v) is 5.28. The van der Waals surface area contributed by atoms with Gasteiger partial charge in [0.15, 0.2) is 5.70 Å². The molecule has 0 spiro atoms. The summed E-state index contributed by atoms with van der Waals surface area (Å²) in [5, 5.41) is 18.4. The molecule has 1 amide bonds. The maximum absolute atomic E-state index is 11.8. The van der Waals surface area contributed by atoms with Gasteiger partial charge in [-0.25, -0.2) is 4.79 Å². The molecule has 0 saturated carbocycles. The predicted molar refractivity (Wildman–Crippen MR) is 66.2 cm³/mol. The number of amides is 1. The summed E-state index contributed by atoms with van der Waals surface area (Å²) in [5.41, 5.74) is 0.0775. The molecular formula is C10H13NO4S2. The van der Waals surface area contributed by atoms with Crippen LogP contribution in [0.3, 0.4) is 0 Å². The topological polar surface area (TPSA) is 77.8 Å². The second-order valence-electron chi connectivity index (χ2n) is 3.86. The number of β-lactam (4-membered cyclic amide) rings is 1. The first-order valence-corrected chi connectivity index (χ1v) is 7.13. The molecule has 17 heavy (non-hydrogen) atoms. The lowest BCUT2D eigenvalue weighted by Crippen LogP contribution is -2.60. The molecule has 3 atom stereocenters. The second kappa shape index (κ2) is 4.55. The zero-order valence-electron chi connectivity index (χ0n) is 9.41. The molecule has 1 fully saturated rings. The van der Waals surface area contributed by atoms with Gasteiger partial charge in [-0.05, 0) is 12.7 Å². The predicted octanol–water partition coefficient (Wildman–Crippen LogP) is 0.905. The number of nitrogens with zero attached hydrogens (tertiary/aromatic N) is 1. The lowest BCUT2D eigenvalue weighted by Gasteiger charge is -2.43. The number of rotatable bonds is 4. The normalized spacial score (nSPS) is 29.1. The number of aliphatic hydroxyl groups is 1. The highest BCUT2D eigenvalue weighted by Crippen LogP contribution is 2.53. The molecule has 2 rings (SSSR count). The maximum atomic E-state index is 11.8. The van der Waals surface area contributed by atoms with Gasteiger partial charge in [0.2, 0.25) is 5.91 Å². The van der Waals surface area contributed by atoms with Crippen LogP contribution in [0.1, 0.15) is 13.8 Å². The summed E-state index contributed by atoms with van der Waals surface area (Å²) >= 11 is 2.79. The quantitative estimate of drug-likeness (QED) is 0.742. The van der Waals surface area contributed by atoms with E-state index in [-0.39, 0.29) is 17.0 Å². The third-order valence-electron chi connectivity index (χ3n) is 2.74. The average Bonchev–Trinajstić information content (AvgIpc) is 2.53. The Morgan fingerprint density at radius 1 is 1.65 bits per heavy atom.